The van der Waals surface area contributed by atoms with Gasteiger partial charge in [0.1, 0.15) is 23.0 Å². The summed E-state index contributed by atoms with van der Waals surface area (Å²) in [5.74, 6) is -2.97. The molecule has 2 saturated heterocycles. The molecule has 1 aliphatic carbocycles. The standard InChI is InChI=1S/C24H20F3NO6/c1-2-11-3-5-13(33-16-6-4-12(28(31)32)9-15(16)24(25,26)27)10-14(11)19-22(29)20-17-7-8-18(34-17)21(20)23(19)30/h3-6,9-10,17-21H,2,7-8H2,1H3/t17-,18+,19?,20-,21+. The van der Waals surface area contributed by atoms with E-state index in [2.05, 4.69) is 0 Å². The van der Waals surface area contributed by atoms with Crippen molar-refractivity contribution in [3.05, 3.63) is 63.2 Å². The predicted octanol–water partition coefficient (Wildman–Crippen LogP) is 5.00. The number of halogens is 3. The van der Waals surface area contributed by atoms with E-state index in [1.165, 1.54) is 12.1 Å². The third-order valence-corrected chi connectivity index (χ3v) is 7.02. The zero-order chi connectivity index (χ0) is 24.4. The van der Waals surface area contributed by atoms with Gasteiger partial charge in [-0.15, -0.1) is 0 Å². The van der Waals surface area contributed by atoms with Gasteiger partial charge in [0.2, 0.25) is 0 Å². The van der Waals surface area contributed by atoms with E-state index in [4.69, 9.17) is 9.47 Å². The number of ether oxygens (including phenoxy) is 2. The van der Waals surface area contributed by atoms with Crippen LogP contribution in [0.15, 0.2) is 36.4 Å². The van der Waals surface area contributed by atoms with E-state index in [0.29, 0.717) is 18.1 Å². The van der Waals surface area contributed by atoms with Crippen molar-refractivity contribution in [3.8, 4) is 11.5 Å². The fraction of sp³-hybridized carbons (Fsp3) is 0.417. The largest absolute Gasteiger partial charge is 0.457 e. The van der Waals surface area contributed by atoms with Crippen LogP contribution in [0.3, 0.4) is 0 Å². The van der Waals surface area contributed by atoms with E-state index in [1.807, 2.05) is 6.92 Å². The van der Waals surface area contributed by atoms with Crippen LogP contribution < -0.4 is 4.74 Å². The molecule has 1 saturated carbocycles. The number of nitro benzene ring substituents is 1. The Balaban J connectivity index is 1.51. The average molecular weight is 475 g/mol. The number of Topliss-reactive ketones (excluding diaryl/α,β-unsaturated/α-hetero) is 2. The zero-order valence-electron chi connectivity index (χ0n) is 18.0. The summed E-state index contributed by atoms with van der Waals surface area (Å²) in [6.07, 6.45) is -3.41. The summed E-state index contributed by atoms with van der Waals surface area (Å²) >= 11 is 0. The number of fused-ring (bicyclic) bond motifs is 5. The highest BCUT2D eigenvalue weighted by Gasteiger charge is 2.63. The molecule has 34 heavy (non-hydrogen) atoms. The lowest BCUT2D eigenvalue weighted by molar-refractivity contribution is -0.385. The third-order valence-electron chi connectivity index (χ3n) is 7.02. The second-order valence-corrected chi connectivity index (χ2v) is 8.83. The van der Waals surface area contributed by atoms with E-state index in [-0.39, 0.29) is 29.5 Å². The molecule has 5 rings (SSSR count). The Bertz CT molecular complexity index is 1180. The Hall–Kier alpha value is -3.27. The number of aryl methyl sites for hydroxylation is 1. The van der Waals surface area contributed by atoms with Crippen LogP contribution in [-0.2, 0) is 26.9 Å². The normalized spacial score (nSPS) is 27.8. The van der Waals surface area contributed by atoms with Gasteiger partial charge in [-0.3, -0.25) is 19.7 Å². The molecule has 3 fully saturated rings. The number of nitrogens with zero attached hydrogens (tertiary/aromatic N) is 1. The Morgan fingerprint density at radius 1 is 1.06 bits per heavy atom. The minimum absolute atomic E-state index is 0.00318. The summed E-state index contributed by atoms with van der Waals surface area (Å²) in [4.78, 5) is 36.5. The van der Waals surface area contributed by atoms with Crippen molar-refractivity contribution < 1.29 is 37.2 Å². The molecule has 2 aromatic carbocycles. The predicted molar refractivity (Wildman–Crippen MR) is 112 cm³/mol. The van der Waals surface area contributed by atoms with Gasteiger partial charge in [0.05, 0.1) is 29.0 Å². The van der Waals surface area contributed by atoms with E-state index in [9.17, 15) is 32.9 Å². The zero-order valence-corrected chi connectivity index (χ0v) is 18.0. The van der Waals surface area contributed by atoms with Crippen LogP contribution in [0.25, 0.3) is 0 Å². The maximum Gasteiger partial charge on any atom is 0.420 e. The van der Waals surface area contributed by atoms with Gasteiger partial charge >= 0.3 is 6.18 Å². The molecule has 0 spiro atoms. The van der Waals surface area contributed by atoms with Crippen LogP contribution in [0.2, 0.25) is 0 Å². The van der Waals surface area contributed by atoms with Crippen molar-refractivity contribution in [3.63, 3.8) is 0 Å². The second-order valence-electron chi connectivity index (χ2n) is 8.83. The van der Waals surface area contributed by atoms with E-state index >= 15 is 0 Å². The fourth-order valence-corrected chi connectivity index (χ4v) is 5.53. The van der Waals surface area contributed by atoms with Crippen LogP contribution in [0, 0.1) is 22.0 Å². The number of ketones is 2. The Morgan fingerprint density at radius 2 is 1.71 bits per heavy atom. The van der Waals surface area contributed by atoms with Gasteiger partial charge in [-0.1, -0.05) is 13.0 Å². The Kier molecular flexibility index (Phi) is 5.23. The molecular weight excluding hydrogens is 455 g/mol. The number of carbonyl (C=O) groups is 2. The van der Waals surface area contributed by atoms with Crippen LogP contribution in [0.1, 0.15) is 42.4 Å². The third kappa shape index (κ3) is 3.48. The number of carbonyl (C=O) groups excluding carboxylic acids is 2. The maximum atomic E-state index is 13.5. The van der Waals surface area contributed by atoms with Gasteiger partial charge in [-0.05, 0) is 48.6 Å². The molecule has 2 aromatic rings. The monoisotopic (exact) mass is 475 g/mol. The second kappa shape index (κ2) is 7.90. The first-order valence-electron chi connectivity index (χ1n) is 11.0. The summed E-state index contributed by atoms with van der Waals surface area (Å²) in [5.41, 5.74) is -0.849. The average Bonchev–Trinajstić information content (AvgIpc) is 3.47. The van der Waals surface area contributed by atoms with E-state index in [1.54, 1.807) is 6.07 Å². The molecule has 0 N–H and O–H groups in total. The molecule has 178 valence electrons. The van der Waals surface area contributed by atoms with Crippen LogP contribution in [-0.4, -0.2) is 28.7 Å². The minimum Gasteiger partial charge on any atom is -0.457 e. The topological polar surface area (TPSA) is 95.7 Å². The molecule has 5 atom stereocenters. The molecule has 7 nitrogen and oxygen atoms in total. The first kappa shape index (κ1) is 22.5. The SMILES string of the molecule is CCc1ccc(Oc2ccc([N+](=O)[O-])cc2C(F)(F)F)cc1C1C(=O)[C@@H]2[C@H](C1=O)[C@H]1CC[C@@H]2O1. The molecule has 10 heteroatoms. The quantitative estimate of drug-likeness (QED) is 0.343. The van der Waals surface area contributed by atoms with Gasteiger partial charge < -0.3 is 9.47 Å². The number of alkyl halides is 3. The molecule has 3 aliphatic rings. The van der Waals surface area contributed by atoms with Crippen molar-refractivity contribution >= 4 is 17.3 Å². The number of hydrogen-bond acceptors (Lipinski definition) is 6. The van der Waals surface area contributed by atoms with E-state index in [0.717, 1.165) is 30.5 Å². The lowest BCUT2D eigenvalue weighted by Gasteiger charge is -2.18. The molecule has 0 amide bonds. The van der Waals surface area contributed by atoms with Crippen LogP contribution in [0.5, 0.6) is 11.5 Å². The highest BCUT2D eigenvalue weighted by molar-refractivity contribution is 6.17. The number of rotatable bonds is 5. The molecule has 0 aromatic heterocycles. The van der Waals surface area contributed by atoms with E-state index < -0.39 is 45.9 Å². The number of benzene rings is 2. The van der Waals surface area contributed by atoms with Gasteiger partial charge in [0, 0.05) is 12.1 Å². The molecule has 1 unspecified atom stereocenters. The van der Waals surface area contributed by atoms with Crippen LogP contribution in [0.4, 0.5) is 18.9 Å². The lowest BCUT2D eigenvalue weighted by atomic mass is 9.81. The highest BCUT2D eigenvalue weighted by atomic mass is 19.4. The Labute approximate surface area is 192 Å². The van der Waals surface area contributed by atoms with Crippen molar-refractivity contribution in [2.24, 2.45) is 11.8 Å². The summed E-state index contributed by atoms with van der Waals surface area (Å²) in [5, 5.41) is 10.9. The molecule has 2 bridgehead atoms. The molecule has 2 heterocycles. The minimum atomic E-state index is -4.89. The summed E-state index contributed by atoms with van der Waals surface area (Å²) in [6, 6.07) is 6.75. The van der Waals surface area contributed by atoms with Crippen molar-refractivity contribution in [2.75, 3.05) is 0 Å². The molecule has 0 radical (unpaired) electrons. The van der Waals surface area contributed by atoms with Gasteiger partial charge in [0.25, 0.3) is 5.69 Å². The first-order valence-corrected chi connectivity index (χ1v) is 11.0. The maximum absolute atomic E-state index is 13.5. The summed E-state index contributed by atoms with van der Waals surface area (Å²) < 4.78 is 51.9. The molecular formula is C24H20F3NO6. The summed E-state index contributed by atoms with van der Waals surface area (Å²) in [7, 11) is 0. The van der Waals surface area contributed by atoms with Crippen molar-refractivity contribution in [1.29, 1.82) is 0 Å². The van der Waals surface area contributed by atoms with Gasteiger partial charge in [-0.25, -0.2) is 0 Å². The number of non-ortho nitro benzene ring substituents is 1. The van der Waals surface area contributed by atoms with Crippen LogP contribution >= 0.6 is 0 Å². The molecule has 2 aliphatic heterocycles. The van der Waals surface area contributed by atoms with Gasteiger partial charge in [-0.2, -0.15) is 13.2 Å². The summed E-state index contributed by atoms with van der Waals surface area (Å²) in [6.45, 7) is 1.86. The van der Waals surface area contributed by atoms with Crippen molar-refractivity contribution in [1.82, 2.24) is 0 Å². The van der Waals surface area contributed by atoms with Crippen molar-refractivity contribution in [2.45, 2.75) is 50.5 Å². The highest BCUT2D eigenvalue weighted by Crippen LogP contribution is 2.53. The first-order chi connectivity index (χ1) is 16.1. The fourth-order valence-electron chi connectivity index (χ4n) is 5.53. The van der Waals surface area contributed by atoms with Gasteiger partial charge in [0.15, 0.2) is 11.6 Å². The lowest BCUT2D eigenvalue weighted by Crippen LogP contribution is -2.29. The number of nitro groups is 1. The Morgan fingerprint density at radius 3 is 2.26 bits per heavy atom. The smallest absolute Gasteiger partial charge is 0.420 e. The number of hydrogen-bond donors (Lipinski definition) is 0.